The quantitative estimate of drug-likeness (QED) is 0.162. The van der Waals surface area contributed by atoms with Crippen LogP contribution < -0.4 is 9.47 Å². The Kier molecular flexibility index (Phi) is 11.6. The summed E-state index contributed by atoms with van der Waals surface area (Å²) in [6.45, 7) is 15.6. The first-order valence-corrected chi connectivity index (χ1v) is 18.5. The number of carboxylic acids is 1. The standard InChI is InChI=1S/C44H54N2O4/c1-30-24-35(26-45-22-8-6-12-32(45)3)18-20-42(30)49-28-37-13-10-15-39(33(37)4)40-16-11-14-38(34(40)5)29-50-43-21-19-36(25-31(43)2)27-46-23-9-7-17-41(46)44(47)48/h10-11,13-16,18-21,24-25,32,41H,6-9,12,17,22-23,26-29H2,1-5H3,(H,47,48)/t32-,41+/m1/s1. The van der Waals surface area contributed by atoms with Crippen LogP contribution in [-0.2, 0) is 31.1 Å². The zero-order chi connectivity index (χ0) is 35.2. The molecule has 0 saturated carbocycles. The second kappa shape index (κ2) is 16.3. The van der Waals surface area contributed by atoms with Crippen molar-refractivity contribution in [1.82, 2.24) is 9.80 Å². The highest BCUT2D eigenvalue weighted by Crippen LogP contribution is 2.32. The van der Waals surface area contributed by atoms with Crippen LogP contribution in [0.1, 0.15) is 90.0 Å². The summed E-state index contributed by atoms with van der Waals surface area (Å²) in [6, 6.07) is 26.1. The number of hydrogen-bond donors (Lipinski definition) is 1. The molecule has 2 atom stereocenters. The Morgan fingerprint density at radius 1 is 0.680 bits per heavy atom. The maximum atomic E-state index is 11.8. The first-order valence-electron chi connectivity index (χ1n) is 18.5. The third kappa shape index (κ3) is 8.42. The van der Waals surface area contributed by atoms with Gasteiger partial charge in [0.05, 0.1) is 0 Å². The van der Waals surface area contributed by atoms with E-state index in [1.54, 1.807) is 0 Å². The monoisotopic (exact) mass is 674 g/mol. The van der Waals surface area contributed by atoms with Crippen LogP contribution in [0.5, 0.6) is 11.5 Å². The van der Waals surface area contributed by atoms with E-state index in [0.29, 0.717) is 25.8 Å². The van der Waals surface area contributed by atoms with Gasteiger partial charge in [-0.25, -0.2) is 0 Å². The molecule has 0 aliphatic carbocycles. The van der Waals surface area contributed by atoms with Crippen LogP contribution in [0.15, 0.2) is 72.8 Å². The van der Waals surface area contributed by atoms with Crippen molar-refractivity contribution in [1.29, 1.82) is 0 Å². The van der Waals surface area contributed by atoms with Gasteiger partial charge >= 0.3 is 5.97 Å². The summed E-state index contributed by atoms with van der Waals surface area (Å²) >= 11 is 0. The molecule has 264 valence electrons. The molecule has 50 heavy (non-hydrogen) atoms. The van der Waals surface area contributed by atoms with E-state index in [1.165, 1.54) is 64.8 Å². The highest BCUT2D eigenvalue weighted by atomic mass is 16.5. The summed E-state index contributed by atoms with van der Waals surface area (Å²) in [4.78, 5) is 16.5. The Labute approximate surface area is 299 Å². The largest absolute Gasteiger partial charge is 0.489 e. The van der Waals surface area contributed by atoms with E-state index in [0.717, 1.165) is 60.5 Å². The van der Waals surface area contributed by atoms with Crippen molar-refractivity contribution in [3.05, 3.63) is 117 Å². The molecule has 4 aromatic carbocycles. The average molecular weight is 675 g/mol. The lowest BCUT2D eigenvalue weighted by Gasteiger charge is -2.33. The highest BCUT2D eigenvalue weighted by Gasteiger charge is 2.28. The van der Waals surface area contributed by atoms with Crippen molar-refractivity contribution in [3.8, 4) is 22.6 Å². The van der Waals surface area contributed by atoms with E-state index in [-0.39, 0.29) is 0 Å². The van der Waals surface area contributed by atoms with Gasteiger partial charge in [0.15, 0.2) is 0 Å². The third-order valence-corrected chi connectivity index (χ3v) is 11.0. The van der Waals surface area contributed by atoms with Gasteiger partial charge in [-0.05, 0) is 141 Å². The molecule has 1 N–H and O–H groups in total. The van der Waals surface area contributed by atoms with Crippen LogP contribution in [0.3, 0.4) is 0 Å². The molecule has 0 bridgehead atoms. The third-order valence-electron chi connectivity index (χ3n) is 11.0. The maximum Gasteiger partial charge on any atom is 0.320 e. The Balaban J connectivity index is 1.10. The fourth-order valence-electron chi connectivity index (χ4n) is 7.84. The number of hydrogen-bond acceptors (Lipinski definition) is 5. The number of nitrogens with zero attached hydrogens (tertiary/aromatic N) is 2. The molecule has 6 nitrogen and oxygen atoms in total. The lowest BCUT2D eigenvalue weighted by atomic mass is 9.92. The van der Waals surface area contributed by atoms with Gasteiger partial charge in [0, 0.05) is 19.1 Å². The molecular weight excluding hydrogens is 620 g/mol. The van der Waals surface area contributed by atoms with Crippen molar-refractivity contribution in [2.24, 2.45) is 0 Å². The van der Waals surface area contributed by atoms with Gasteiger partial charge in [0.1, 0.15) is 30.8 Å². The van der Waals surface area contributed by atoms with Gasteiger partial charge in [-0.2, -0.15) is 0 Å². The average Bonchev–Trinajstić information content (AvgIpc) is 3.10. The van der Waals surface area contributed by atoms with Crippen LogP contribution in [0.4, 0.5) is 0 Å². The van der Waals surface area contributed by atoms with Gasteiger partial charge in [0.2, 0.25) is 0 Å². The highest BCUT2D eigenvalue weighted by molar-refractivity contribution is 5.74. The fraction of sp³-hybridized carbons (Fsp3) is 0.432. The van der Waals surface area contributed by atoms with Crippen molar-refractivity contribution >= 4 is 5.97 Å². The summed E-state index contributed by atoms with van der Waals surface area (Å²) in [5, 5.41) is 9.67. The Bertz CT molecular complexity index is 1800. The summed E-state index contributed by atoms with van der Waals surface area (Å²) in [6.07, 6.45) is 6.69. The topological polar surface area (TPSA) is 62.2 Å². The van der Waals surface area contributed by atoms with E-state index in [4.69, 9.17) is 9.47 Å². The molecule has 2 aliphatic rings. The van der Waals surface area contributed by atoms with Gasteiger partial charge in [-0.1, -0.05) is 73.5 Å². The SMILES string of the molecule is Cc1cc(CN2CCCC[C@H]2C)ccc1OCc1cccc(-c2cccc(COc3ccc(CN4CCCC[C@H]4C(=O)O)cc3C)c2C)c1C. The van der Waals surface area contributed by atoms with Crippen molar-refractivity contribution in [2.45, 2.75) is 112 Å². The van der Waals surface area contributed by atoms with Crippen molar-refractivity contribution in [3.63, 3.8) is 0 Å². The number of carbonyl (C=O) groups is 1. The number of aliphatic carboxylic acids is 1. The molecule has 2 fully saturated rings. The van der Waals surface area contributed by atoms with Gasteiger partial charge < -0.3 is 14.6 Å². The molecule has 2 saturated heterocycles. The number of benzene rings is 4. The first kappa shape index (κ1) is 35.7. The summed E-state index contributed by atoms with van der Waals surface area (Å²) < 4.78 is 12.8. The first-order chi connectivity index (χ1) is 24.2. The number of rotatable bonds is 12. The molecule has 4 aromatic rings. The predicted molar refractivity (Wildman–Crippen MR) is 202 cm³/mol. The molecule has 2 heterocycles. The minimum absolute atomic E-state index is 0.396. The minimum Gasteiger partial charge on any atom is -0.489 e. The number of likely N-dealkylation sites (tertiary alicyclic amines) is 2. The molecule has 0 aromatic heterocycles. The number of ether oxygens (including phenoxy) is 2. The Morgan fingerprint density at radius 3 is 1.68 bits per heavy atom. The van der Waals surface area contributed by atoms with Crippen LogP contribution in [-0.4, -0.2) is 46.0 Å². The Morgan fingerprint density at radius 2 is 1.18 bits per heavy atom. The van der Waals surface area contributed by atoms with Crippen LogP contribution in [0.2, 0.25) is 0 Å². The maximum absolute atomic E-state index is 11.8. The summed E-state index contributed by atoms with van der Waals surface area (Å²) in [5.74, 6) is 1.08. The van der Waals surface area contributed by atoms with Crippen molar-refractivity contribution in [2.75, 3.05) is 13.1 Å². The Hall–Kier alpha value is -4.13. The molecule has 0 amide bonds. The number of aryl methyl sites for hydroxylation is 2. The molecule has 6 heteroatoms. The normalized spacial score (nSPS) is 18.6. The van der Waals surface area contributed by atoms with E-state index < -0.39 is 12.0 Å². The summed E-state index contributed by atoms with van der Waals surface area (Å²) in [5.41, 5.74) is 11.9. The second-order valence-corrected chi connectivity index (χ2v) is 14.6. The predicted octanol–water partition coefficient (Wildman–Crippen LogP) is 9.56. The van der Waals surface area contributed by atoms with E-state index in [9.17, 15) is 9.90 Å². The van der Waals surface area contributed by atoms with E-state index in [1.807, 2.05) is 6.07 Å². The van der Waals surface area contributed by atoms with Gasteiger partial charge in [-0.15, -0.1) is 0 Å². The minimum atomic E-state index is -0.719. The van der Waals surface area contributed by atoms with E-state index in [2.05, 4.69) is 111 Å². The zero-order valence-electron chi connectivity index (χ0n) is 30.6. The van der Waals surface area contributed by atoms with E-state index >= 15 is 0 Å². The number of piperidine rings is 2. The molecule has 0 radical (unpaired) electrons. The second-order valence-electron chi connectivity index (χ2n) is 14.6. The molecular formula is C44H54N2O4. The van der Waals surface area contributed by atoms with Crippen molar-refractivity contribution < 1.29 is 19.4 Å². The molecule has 0 unspecified atom stereocenters. The fourth-order valence-corrected chi connectivity index (χ4v) is 7.84. The number of carboxylic acid groups (broad SMARTS) is 1. The smallest absolute Gasteiger partial charge is 0.320 e. The lowest BCUT2D eigenvalue weighted by molar-refractivity contribution is -0.144. The van der Waals surface area contributed by atoms with Crippen LogP contribution >= 0.6 is 0 Å². The van der Waals surface area contributed by atoms with Gasteiger partial charge in [-0.3, -0.25) is 14.6 Å². The van der Waals surface area contributed by atoms with Crippen LogP contribution in [0, 0.1) is 27.7 Å². The molecule has 0 spiro atoms. The zero-order valence-corrected chi connectivity index (χ0v) is 30.6. The van der Waals surface area contributed by atoms with Gasteiger partial charge in [0.25, 0.3) is 0 Å². The summed E-state index contributed by atoms with van der Waals surface area (Å²) in [7, 11) is 0. The van der Waals surface area contributed by atoms with Crippen LogP contribution in [0.25, 0.3) is 11.1 Å². The molecule has 2 aliphatic heterocycles. The molecule has 6 rings (SSSR count). The lowest BCUT2D eigenvalue weighted by Crippen LogP contribution is -2.43.